The number of hydrogen-bond acceptors (Lipinski definition) is 12. The number of nitrogens with one attached hydrogen (secondary N) is 1. The molecule has 6 aliphatic rings. The number of H-pyrrole nitrogens is 1. The zero-order valence-corrected chi connectivity index (χ0v) is 37.7. The number of halogens is 1. The summed E-state index contributed by atoms with van der Waals surface area (Å²) in [5.41, 5.74) is -3.17. The Labute approximate surface area is 369 Å². The highest BCUT2D eigenvalue weighted by molar-refractivity contribution is 14.1. The number of methoxy groups -OCH3 is 3. The summed E-state index contributed by atoms with van der Waals surface area (Å²) in [4.78, 5) is 66.3. The van der Waals surface area contributed by atoms with Crippen LogP contribution in [-0.2, 0) is 50.6 Å². The molecule has 2 bridgehead atoms. The molecule has 6 heterocycles. The van der Waals surface area contributed by atoms with Crippen LogP contribution >= 0.6 is 22.6 Å². The maximum atomic E-state index is 15.4. The molecule has 326 valence electrons. The topological polar surface area (TPSA) is 171 Å². The molecule has 3 fully saturated rings. The zero-order chi connectivity index (χ0) is 43.4. The third-order valence-corrected chi connectivity index (χ3v) is 16.2. The fourth-order valence-electron chi connectivity index (χ4n) is 13.4. The van der Waals surface area contributed by atoms with E-state index in [0.717, 1.165) is 20.0 Å². The summed E-state index contributed by atoms with van der Waals surface area (Å²) < 4.78 is 24.8. The third kappa shape index (κ3) is 5.64. The van der Waals surface area contributed by atoms with Gasteiger partial charge in [0.1, 0.15) is 11.2 Å². The van der Waals surface area contributed by atoms with Crippen molar-refractivity contribution in [2.45, 2.75) is 99.5 Å². The molecule has 15 heteroatoms. The lowest BCUT2D eigenvalue weighted by Crippen LogP contribution is -2.81. The molecule has 2 aromatic carbocycles. The summed E-state index contributed by atoms with van der Waals surface area (Å²) in [5, 5.41) is 26.3. The van der Waals surface area contributed by atoms with E-state index in [9.17, 15) is 24.6 Å². The Bertz CT molecular complexity index is 2370. The molecule has 1 unspecified atom stereocenters. The number of anilines is 1. The number of carbonyl (C=O) groups is 4. The second-order valence-electron chi connectivity index (χ2n) is 18.3. The summed E-state index contributed by atoms with van der Waals surface area (Å²) in [7, 11) is 4.10. The number of carbonyl (C=O) groups excluding carboxylic acids is 4. The second kappa shape index (κ2) is 14.8. The van der Waals surface area contributed by atoms with Gasteiger partial charge in [-0.05, 0) is 109 Å². The Morgan fingerprint density at radius 2 is 1.75 bits per heavy atom. The highest BCUT2D eigenvalue weighted by Gasteiger charge is 2.81. The van der Waals surface area contributed by atoms with Gasteiger partial charge in [-0.2, -0.15) is 0 Å². The first kappa shape index (κ1) is 42.3. The maximum Gasteiger partial charge on any atom is 0.344 e. The van der Waals surface area contributed by atoms with E-state index in [2.05, 4.69) is 43.4 Å². The minimum Gasteiger partial charge on any atom is -0.496 e. The van der Waals surface area contributed by atoms with Crippen molar-refractivity contribution in [2.75, 3.05) is 59.0 Å². The number of rotatable bonds is 8. The van der Waals surface area contributed by atoms with Gasteiger partial charge < -0.3 is 39.0 Å². The number of esters is 3. The highest BCUT2D eigenvalue weighted by atomic mass is 127. The molecular formula is C46H55IN4O10. The molecule has 61 heavy (non-hydrogen) atoms. The van der Waals surface area contributed by atoms with Crippen LogP contribution in [0.4, 0.5) is 5.69 Å². The quantitative estimate of drug-likeness (QED) is 0.0973. The number of nitrogens with zero attached hydrogens (tertiary/aromatic N) is 3. The van der Waals surface area contributed by atoms with E-state index in [1.54, 1.807) is 6.07 Å². The molecule has 3 aromatic rings. The molecule has 9 rings (SSSR count). The standard InChI is InChI=1S/C46H55IN4O10/c1-7-42(56)21-27-22-45(40(54)59-5,36-29(12-16-49(23-27)24-42)30-18-28(47)10-11-33(30)48-36)32-19-31-34(20-35(32)58-4)51(25-52)38-44(31)14-17-50-15-9-13-43(8-2,37(44)50)39(61-26(3)53)46(38,57)41(55)60-6/h9-11,13,18-20,25,27,37-39,48,56-57H,7-8,12,14-17,21-24H2,1-6H3/t27-,37-,38+,39+,42-,43+,44+,45-,46-/m0/s1. The van der Waals surface area contributed by atoms with Crippen LogP contribution in [-0.4, -0.2) is 133 Å². The van der Waals surface area contributed by atoms with E-state index in [1.165, 1.54) is 33.2 Å². The third-order valence-electron chi connectivity index (χ3n) is 15.6. The molecule has 14 nitrogen and oxygen atoms in total. The van der Waals surface area contributed by atoms with Gasteiger partial charge in [-0.1, -0.05) is 26.0 Å². The molecule has 1 aliphatic carbocycles. The van der Waals surface area contributed by atoms with Gasteiger partial charge in [-0.15, -0.1) is 0 Å². The van der Waals surface area contributed by atoms with Gasteiger partial charge in [0.2, 0.25) is 12.0 Å². The molecule has 1 aromatic heterocycles. The van der Waals surface area contributed by atoms with Crippen LogP contribution in [0.1, 0.15) is 75.3 Å². The first-order chi connectivity index (χ1) is 29.2. The number of hydrogen-bond donors (Lipinski definition) is 3. The van der Waals surface area contributed by atoms with Crippen LogP contribution in [0.15, 0.2) is 42.5 Å². The predicted molar refractivity (Wildman–Crippen MR) is 233 cm³/mol. The smallest absolute Gasteiger partial charge is 0.344 e. The van der Waals surface area contributed by atoms with Crippen molar-refractivity contribution >= 4 is 63.5 Å². The van der Waals surface area contributed by atoms with Crippen LogP contribution in [0.25, 0.3) is 10.9 Å². The number of aromatic nitrogens is 1. The normalized spacial score (nSPS) is 36.1. The number of aliphatic hydroxyl groups is 2. The molecule has 1 amide bonds. The SMILES string of the molecule is CC[C@]1(O)C[C@@H]2CN(CCc3c([nH]c4ccc(I)cc34)[C@@](C(=O)OC)(c3cc4c(cc3OC)N(C=O)[C@H]3[C@@](O)(C(=O)OC)[C@H](OC(C)=O)[C@]5(CC)C=CCN6CC[C@]43[C@@H]65)C2)C1. The summed E-state index contributed by atoms with van der Waals surface area (Å²) in [6.07, 6.45) is 5.82. The van der Waals surface area contributed by atoms with Crippen molar-refractivity contribution in [1.82, 2.24) is 14.8 Å². The van der Waals surface area contributed by atoms with E-state index >= 15 is 4.79 Å². The molecule has 3 N–H and O–H groups in total. The summed E-state index contributed by atoms with van der Waals surface area (Å²) in [6, 6.07) is 8.16. The van der Waals surface area contributed by atoms with Gasteiger partial charge in [0.25, 0.3) is 0 Å². The van der Waals surface area contributed by atoms with Crippen molar-refractivity contribution in [2.24, 2.45) is 11.3 Å². The van der Waals surface area contributed by atoms with Crippen molar-refractivity contribution in [1.29, 1.82) is 0 Å². The van der Waals surface area contributed by atoms with E-state index in [1.807, 2.05) is 44.2 Å². The number of amides is 1. The first-order valence-corrected chi connectivity index (χ1v) is 22.4. The first-order valence-electron chi connectivity index (χ1n) is 21.4. The Balaban J connectivity index is 1.38. The number of aromatic amines is 1. The van der Waals surface area contributed by atoms with Gasteiger partial charge in [-0.3, -0.25) is 24.2 Å². The fraction of sp³-hybridized carbons (Fsp3) is 0.565. The number of fused-ring (bicyclic) bond motifs is 6. The highest BCUT2D eigenvalue weighted by Crippen LogP contribution is 2.68. The fourth-order valence-corrected chi connectivity index (χ4v) is 13.9. The van der Waals surface area contributed by atoms with Gasteiger partial charge >= 0.3 is 17.9 Å². The largest absolute Gasteiger partial charge is 0.496 e. The molecular weight excluding hydrogens is 895 g/mol. The van der Waals surface area contributed by atoms with E-state index in [0.29, 0.717) is 99.5 Å². The number of piperidine rings is 1. The van der Waals surface area contributed by atoms with Gasteiger partial charge in [-0.25, -0.2) is 4.79 Å². The minimum atomic E-state index is -2.53. The molecule has 0 radical (unpaired) electrons. The van der Waals surface area contributed by atoms with Gasteiger partial charge in [0, 0.05) is 81.8 Å². The number of ether oxygens (including phenoxy) is 4. The Morgan fingerprint density at radius 1 is 0.984 bits per heavy atom. The molecule has 5 aliphatic heterocycles. The Kier molecular flexibility index (Phi) is 10.2. The lowest BCUT2D eigenvalue weighted by atomic mass is 9.47. The average Bonchev–Trinajstić information content (AvgIpc) is 3.92. The van der Waals surface area contributed by atoms with Crippen LogP contribution in [0.5, 0.6) is 5.75 Å². The summed E-state index contributed by atoms with van der Waals surface area (Å²) >= 11 is 2.31. The monoisotopic (exact) mass is 950 g/mol. The minimum absolute atomic E-state index is 0.160. The Hall–Kier alpha value is -4.03. The van der Waals surface area contributed by atoms with Crippen LogP contribution < -0.4 is 9.64 Å². The van der Waals surface area contributed by atoms with Crippen LogP contribution in [0.2, 0.25) is 0 Å². The lowest BCUT2D eigenvalue weighted by molar-refractivity contribution is -0.228. The second-order valence-corrected chi connectivity index (χ2v) is 19.5. The van der Waals surface area contributed by atoms with Gasteiger partial charge in [0.15, 0.2) is 6.10 Å². The van der Waals surface area contributed by atoms with E-state index in [4.69, 9.17) is 18.9 Å². The summed E-state index contributed by atoms with van der Waals surface area (Å²) in [5.74, 6) is -2.07. The van der Waals surface area contributed by atoms with Crippen molar-refractivity contribution in [3.8, 4) is 5.75 Å². The van der Waals surface area contributed by atoms with Crippen LogP contribution in [0, 0.1) is 14.9 Å². The predicted octanol–water partition coefficient (Wildman–Crippen LogP) is 4.12. The lowest BCUT2D eigenvalue weighted by Gasteiger charge is -2.63. The van der Waals surface area contributed by atoms with E-state index in [-0.39, 0.29) is 12.3 Å². The van der Waals surface area contributed by atoms with Crippen molar-refractivity contribution in [3.05, 3.63) is 68.4 Å². The summed E-state index contributed by atoms with van der Waals surface area (Å²) in [6.45, 7) is 8.15. The van der Waals surface area contributed by atoms with Crippen molar-refractivity contribution in [3.63, 3.8) is 0 Å². The molecule has 10 atom stereocenters. The zero-order valence-electron chi connectivity index (χ0n) is 35.6. The molecule has 2 saturated heterocycles. The average molecular weight is 951 g/mol. The maximum absolute atomic E-state index is 15.4. The molecule has 1 spiro atoms. The van der Waals surface area contributed by atoms with E-state index < -0.39 is 63.5 Å². The Morgan fingerprint density at radius 3 is 2.43 bits per heavy atom. The molecule has 1 saturated carbocycles. The van der Waals surface area contributed by atoms with Crippen LogP contribution in [0.3, 0.4) is 0 Å². The van der Waals surface area contributed by atoms with Gasteiger partial charge in [0.05, 0.1) is 38.7 Å². The number of benzene rings is 2. The van der Waals surface area contributed by atoms with Crippen molar-refractivity contribution < 1.29 is 48.3 Å².